The van der Waals surface area contributed by atoms with Crippen LogP contribution < -0.4 is 25.6 Å². The van der Waals surface area contributed by atoms with Crippen LogP contribution in [0.2, 0.25) is 0 Å². The van der Waals surface area contributed by atoms with E-state index in [0.717, 1.165) is 44.1 Å². The van der Waals surface area contributed by atoms with E-state index in [1.165, 1.54) is 67.7 Å². The normalized spacial score (nSPS) is 20.4. The first-order chi connectivity index (χ1) is 36.2. The number of nitrogens with zero attached hydrogens (tertiary/aromatic N) is 6. The highest BCUT2D eigenvalue weighted by atomic mass is 19.1. The highest BCUT2D eigenvalue weighted by Gasteiger charge is 2.51. The number of amides is 3. The molecule has 9 rings (SSSR count). The molecular formula is C56H61F2N9O8. The number of hydrogen-bond acceptors (Lipinski definition) is 14. The quantitative estimate of drug-likeness (QED) is 0.0268. The number of aldehydes is 2. The van der Waals surface area contributed by atoms with Crippen LogP contribution in [0.5, 0.6) is 11.8 Å². The van der Waals surface area contributed by atoms with E-state index in [4.69, 9.17) is 25.9 Å². The summed E-state index contributed by atoms with van der Waals surface area (Å²) in [6.07, 6.45) is 15.4. The number of piperazine rings is 1. The van der Waals surface area contributed by atoms with Gasteiger partial charge in [-0.3, -0.25) is 29.1 Å². The van der Waals surface area contributed by atoms with Crippen molar-refractivity contribution in [1.29, 1.82) is 0 Å². The number of terminal acetylenes is 1. The van der Waals surface area contributed by atoms with Crippen molar-refractivity contribution in [3.05, 3.63) is 89.1 Å². The van der Waals surface area contributed by atoms with Crippen molar-refractivity contribution in [2.75, 3.05) is 63.8 Å². The van der Waals surface area contributed by atoms with Crippen molar-refractivity contribution < 1.29 is 47.3 Å². The number of phenols is 1. The second kappa shape index (κ2) is 22.6. The van der Waals surface area contributed by atoms with Crippen molar-refractivity contribution in [1.82, 2.24) is 35.4 Å². The van der Waals surface area contributed by atoms with E-state index in [1.807, 2.05) is 0 Å². The Morgan fingerprint density at radius 3 is 2.63 bits per heavy atom. The maximum absolute atomic E-state index is 17.2. The summed E-state index contributed by atoms with van der Waals surface area (Å²) in [4.78, 5) is 81.5. The molecular weight excluding hydrogens is 965 g/mol. The van der Waals surface area contributed by atoms with Crippen LogP contribution in [0.15, 0.2) is 60.8 Å². The summed E-state index contributed by atoms with van der Waals surface area (Å²) in [6, 6.07) is 9.54. The number of anilines is 2. The number of carbonyl (C=O) groups is 5. The number of phenolic OH excluding ortho intramolecular Hbond substituents is 1. The number of halogens is 2. The molecule has 4 aliphatic rings. The standard InChI is InChI=1S/C56H61F2N9O8/c1-5-41-45(57)17-12-34-23-40(70)24-43(48(34)41)50-49(58)51-44(26-60-50)52(66-28-37-13-14-38(29-66)61-37)64-55(63-51)75-32-56-19-18-39(67(56)27-33(2)25-56)31-74-21-8-6-7-11-47(71)62-36-15-16-42(35(22-36)30-69)54(73)65(4)46(10-9-20-68)53(72)59-3/h1,12,15-17,20,22-24,26,30,37-39,46,61,70H,2,6-11,13-14,18-19,21,25,27-29,31-32H2,3-4H3,(H,59,72)(H,62,71). The SMILES string of the molecule is C#Cc1c(F)ccc2cc(O)cc(-c3ncc4c(N5CC6CCC(C5)N6)nc(OCC56CCC(COCCCCCC(=O)Nc7ccc(C(=O)N(C)C(CCC=O)C(=O)NC)c(C=O)c7)N5CC(=C)C6)nc4c3F)c12. The molecule has 0 aliphatic carbocycles. The van der Waals surface area contributed by atoms with Gasteiger partial charge >= 0.3 is 6.01 Å². The average Bonchev–Trinajstić information content (AvgIpc) is 4.06. The summed E-state index contributed by atoms with van der Waals surface area (Å²) in [5.74, 6) is 0.0431. The fraction of sp³-hybridized carbons (Fsp3) is 0.429. The molecule has 0 radical (unpaired) electrons. The molecule has 6 heterocycles. The molecule has 5 atom stereocenters. The number of carbonyl (C=O) groups excluding carboxylic acids is 5. The summed E-state index contributed by atoms with van der Waals surface area (Å²) in [5, 5.41) is 20.7. The average molecular weight is 1030 g/mol. The number of rotatable bonds is 21. The van der Waals surface area contributed by atoms with Gasteiger partial charge in [0.2, 0.25) is 11.8 Å². The van der Waals surface area contributed by atoms with Crippen molar-refractivity contribution in [3.63, 3.8) is 0 Å². The predicted molar refractivity (Wildman–Crippen MR) is 279 cm³/mol. The predicted octanol–water partition coefficient (Wildman–Crippen LogP) is 6.49. The Morgan fingerprint density at radius 2 is 1.88 bits per heavy atom. The van der Waals surface area contributed by atoms with Crippen molar-refractivity contribution in [3.8, 4) is 35.4 Å². The minimum atomic E-state index is -0.907. The molecule has 0 spiro atoms. The van der Waals surface area contributed by atoms with E-state index in [0.29, 0.717) is 80.5 Å². The van der Waals surface area contributed by atoms with Crippen molar-refractivity contribution in [2.24, 2.45) is 0 Å². The highest BCUT2D eigenvalue weighted by molar-refractivity contribution is 6.05. The molecule has 19 heteroatoms. The molecule has 75 heavy (non-hydrogen) atoms. The van der Waals surface area contributed by atoms with Crippen LogP contribution in [-0.2, 0) is 19.1 Å². The monoisotopic (exact) mass is 1030 g/mol. The van der Waals surface area contributed by atoms with Crippen LogP contribution in [0.25, 0.3) is 32.9 Å². The van der Waals surface area contributed by atoms with Gasteiger partial charge in [0.15, 0.2) is 12.1 Å². The Labute approximate surface area is 433 Å². The molecule has 2 aromatic heterocycles. The number of likely N-dealkylation sites (N-methyl/N-ethyl adjacent to an activating group) is 2. The van der Waals surface area contributed by atoms with Crippen LogP contribution >= 0.6 is 0 Å². The molecule has 392 valence electrons. The van der Waals surface area contributed by atoms with E-state index in [1.54, 1.807) is 0 Å². The Hall–Kier alpha value is -7.40. The lowest BCUT2D eigenvalue weighted by Crippen LogP contribution is -2.51. The number of pyridine rings is 1. The van der Waals surface area contributed by atoms with Gasteiger partial charge in [-0.15, -0.1) is 6.42 Å². The molecule has 5 aromatic rings. The zero-order valence-electron chi connectivity index (χ0n) is 42.1. The zero-order chi connectivity index (χ0) is 53.0. The van der Waals surface area contributed by atoms with Gasteiger partial charge in [-0.05, 0) is 93.2 Å². The topological polar surface area (TPSA) is 209 Å². The van der Waals surface area contributed by atoms with Gasteiger partial charge in [0, 0.05) is 99.7 Å². The van der Waals surface area contributed by atoms with E-state index in [-0.39, 0.29) is 101 Å². The minimum Gasteiger partial charge on any atom is -0.508 e. The second-order valence-electron chi connectivity index (χ2n) is 20.1. The van der Waals surface area contributed by atoms with Gasteiger partial charge < -0.3 is 45.1 Å². The van der Waals surface area contributed by atoms with Crippen molar-refractivity contribution >= 4 is 63.5 Å². The summed E-state index contributed by atoms with van der Waals surface area (Å²) in [7, 11) is 2.87. The third-order valence-electron chi connectivity index (χ3n) is 15.1. The first kappa shape index (κ1) is 52.5. The number of hydrogen-bond donors (Lipinski definition) is 4. The third kappa shape index (κ3) is 10.9. The summed E-state index contributed by atoms with van der Waals surface area (Å²) in [5.41, 5.74) is 1.01. The second-order valence-corrected chi connectivity index (χ2v) is 20.1. The van der Waals surface area contributed by atoms with Gasteiger partial charge in [0.25, 0.3) is 5.91 Å². The minimum absolute atomic E-state index is 0.0109. The van der Waals surface area contributed by atoms with Gasteiger partial charge in [0.1, 0.15) is 47.5 Å². The number of nitrogens with one attached hydrogen (secondary N) is 3. The molecule has 0 saturated carbocycles. The largest absolute Gasteiger partial charge is 0.508 e. The smallest absolute Gasteiger partial charge is 0.319 e. The lowest BCUT2D eigenvalue weighted by Gasteiger charge is -2.35. The lowest BCUT2D eigenvalue weighted by atomic mass is 9.94. The van der Waals surface area contributed by atoms with E-state index < -0.39 is 35.0 Å². The molecule has 4 N–H and O–H groups in total. The molecule has 4 saturated heterocycles. The van der Waals surface area contributed by atoms with Crippen LogP contribution in [-0.4, -0.2) is 143 Å². The van der Waals surface area contributed by atoms with Crippen LogP contribution in [0.4, 0.5) is 20.3 Å². The Morgan fingerprint density at radius 1 is 1.08 bits per heavy atom. The Balaban J connectivity index is 0.814. The number of fused-ring (bicyclic) bond motifs is 5. The van der Waals surface area contributed by atoms with Gasteiger partial charge in [-0.2, -0.15) is 9.97 Å². The summed E-state index contributed by atoms with van der Waals surface area (Å²) >= 11 is 0. The molecule has 5 unspecified atom stereocenters. The van der Waals surface area contributed by atoms with Gasteiger partial charge in [-0.1, -0.05) is 30.6 Å². The van der Waals surface area contributed by atoms with Crippen molar-refractivity contribution in [2.45, 2.75) is 100 Å². The summed E-state index contributed by atoms with van der Waals surface area (Å²) in [6.45, 7) is 7.55. The van der Waals surface area contributed by atoms with E-state index >= 15 is 8.78 Å². The zero-order valence-corrected chi connectivity index (χ0v) is 42.1. The maximum Gasteiger partial charge on any atom is 0.319 e. The molecule has 4 fully saturated rings. The lowest BCUT2D eigenvalue weighted by molar-refractivity contribution is -0.125. The maximum atomic E-state index is 17.2. The Kier molecular flexibility index (Phi) is 15.8. The number of unbranched alkanes of at least 4 members (excludes halogenated alkanes) is 2. The fourth-order valence-electron chi connectivity index (χ4n) is 11.5. The molecule has 3 aromatic carbocycles. The van der Waals surface area contributed by atoms with Gasteiger partial charge in [0.05, 0.1) is 28.7 Å². The number of ether oxygens (including phenoxy) is 2. The fourth-order valence-corrected chi connectivity index (χ4v) is 11.5. The number of benzene rings is 3. The number of aromatic hydroxyl groups is 1. The molecule has 4 aliphatic heterocycles. The first-order valence-electron chi connectivity index (χ1n) is 25.5. The van der Waals surface area contributed by atoms with E-state index in [9.17, 15) is 29.1 Å². The van der Waals surface area contributed by atoms with Crippen LogP contribution in [0, 0.1) is 24.0 Å². The van der Waals surface area contributed by atoms with Crippen LogP contribution in [0.3, 0.4) is 0 Å². The number of aromatic nitrogens is 3. The Bertz CT molecular complexity index is 3100. The first-order valence-corrected chi connectivity index (χ1v) is 25.5. The van der Waals surface area contributed by atoms with Crippen LogP contribution in [0.1, 0.15) is 96.9 Å². The summed E-state index contributed by atoms with van der Waals surface area (Å²) < 4.78 is 45.1. The molecule has 3 amide bonds. The van der Waals surface area contributed by atoms with Gasteiger partial charge in [-0.25, -0.2) is 8.78 Å². The molecule has 2 bridgehead atoms. The van der Waals surface area contributed by atoms with E-state index in [2.05, 4.69) is 43.2 Å². The highest BCUT2D eigenvalue weighted by Crippen LogP contribution is 2.45. The molecule has 17 nitrogen and oxygen atoms in total. The third-order valence-corrected chi connectivity index (χ3v) is 15.1.